The van der Waals surface area contributed by atoms with E-state index in [1.165, 1.54) is 62.0 Å². The average Bonchev–Trinajstić information content (AvgIpc) is 3.31. The molecule has 1 aromatic rings. The van der Waals surface area contributed by atoms with Gasteiger partial charge in [-0.15, -0.1) is 0 Å². The Hall–Kier alpha value is -1.16. The Balaban J connectivity index is 1.50. The first kappa shape index (κ1) is 13.5. The molecule has 114 valence electrons. The Morgan fingerprint density at radius 3 is 2.43 bits per heavy atom. The van der Waals surface area contributed by atoms with Crippen molar-refractivity contribution in [3.63, 3.8) is 0 Å². The number of rotatable bonds is 3. The van der Waals surface area contributed by atoms with Gasteiger partial charge in [0.05, 0.1) is 0 Å². The highest BCUT2D eigenvalue weighted by molar-refractivity contribution is 5.50. The third-order valence-corrected chi connectivity index (χ3v) is 5.12. The summed E-state index contributed by atoms with van der Waals surface area (Å²) < 4.78 is 0. The lowest BCUT2D eigenvalue weighted by atomic mass is 9.95. The van der Waals surface area contributed by atoms with Crippen LogP contribution in [0.5, 0.6) is 0 Å². The van der Waals surface area contributed by atoms with Crippen molar-refractivity contribution in [2.75, 3.05) is 18.0 Å². The number of aromatic nitrogens is 2. The molecular formula is C17H26N4. The molecule has 2 aliphatic carbocycles. The molecule has 3 aliphatic rings. The molecule has 0 spiro atoms. The quantitative estimate of drug-likeness (QED) is 0.926. The fourth-order valence-electron chi connectivity index (χ4n) is 3.80. The van der Waals surface area contributed by atoms with Crippen LogP contribution in [-0.2, 0) is 12.8 Å². The first-order valence-corrected chi connectivity index (χ1v) is 8.67. The predicted molar refractivity (Wildman–Crippen MR) is 84.8 cm³/mol. The van der Waals surface area contributed by atoms with E-state index in [9.17, 15) is 0 Å². The van der Waals surface area contributed by atoms with E-state index >= 15 is 0 Å². The van der Waals surface area contributed by atoms with Crippen LogP contribution in [0.4, 0.5) is 5.82 Å². The van der Waals surface area contributed by atoms with E-state index in [2.05, 4.69) is 15.2 Å². The second-order valence-electron chi connectivity index (χ2n) is 6.93. The second-order valence-corrected chi connectivity index (χ2v) is 6.93. The molecule has 0 radical (unpaired) electrons. The van der Waals surface area contributed by atoms with Gasteiger partial charge in [-0.1, -0.05) is 0 Å². The molecule has 1 N–H and O–H groups in total. The van der Waals surface area contributed by atoms with E-state index in [4.69, 9.17) is 4.98 Å². The highest BCUT2D eigenvalue weighted by atomic mass is 15.2. The summed E-state index contributed by atoms with van der Waals surface area (Å²) in [7, 11) is 0. The molecule has 2 fully saturated rings. The van der Waals surface area contributed by atoms with Crippen molar-refractivity contribution in [1.29, 1.82) is 0 Å². The molecule has 4 nitrogen and oxygen atoms in total. The number of piperidine rings is 1. The van der Waals surface area contributed by atoms with Crippen LogP contribution in [0, 0.1) is 6.92 Å². The second kappa shape index (κ2) is 5.56. The molecule has 0 bridgehead atoms. The Bertz CT molecular complexity index is 516. The fourth-order valence-corrected chi connectivity index (χ4v) is 3.80. The standard InChI is InChI=1S/C17H26N4/c1-12-18-16-5-3-2-4-15(16)17(19-12)21-10-8-14(9-11-21)20-13-6-7-13/h13-14,20H,2-11H2,1H3. The molecule has 21 heavy (non-hydrogen) atoms. The maximum Gasteiger partial charge on any atom is 0.135 e. The van der Waals surface area contributed by atoms with E-state index in [1.807, 2.05) is 6.92 Å². The molecule has 0 unspecified atom stereocenters. The van der Waals surface area contributed by atoms with Crippen LogP contribution in [-0.4, -0.2) is 35.1 Å². The Kier molecular flexibility index (Phi) is 3.57. The maximum atomic E-state index is 4.80. The summed E-state index contributed by atoms with van der Waals surface area (Å²) in [6.45, 7) is 4.33. The van der Waals surface area contributed by atoms with Crippen LogP contribution in [0.15, 0.2) is 0 Å². The minimum atomic E-state index is 0.729. The smallest absolute Gasteiger partial charge is 0.135 e. The average molecular weight is 286 g/mol. The van der Waals surface area contributed by atoms with Crippen molar-refractivity contribution in [2.24, 2.45) is 0 Å². The summed E-state index contributed by atoms with van der Waals surface area (Å²) in [5.41, 5.74) is 2.77. The number of hydrogen-bond acceptors (Lipinski definition) is 4. The molecule has 1 saturated heterocycles. The fraction of sp³-hybridized carbons (Fsp3) is 0.765. The van der Waals surface area contributed by atoms with Crippen LogP contribution in [0.1, 0.15) is 55.6 Å². The van der Waals surface area contributed by atoms with Crippen LogP contribution in [0.2, 0.25) is 0 Å². The van der Waals surface area contributed by atoms with Gasteiger partial charge in [-0.05, 0) is 58.3 Å². The first-order chi connectivity index (χ1) is 10.3. The van der Waals surface area contributed by atoms with Gasteiger partial charge in [0.25, 0.3) is 0 Å². The lowest BCUT2D eigenvalue weighted by Gasteiger charge is -2.35. The normalized spacial score (nSPS) is 23.2. The number of aryl methyl sites for hydroxylation is 2. The number of nitrogens with zero attached hydrogens (tertiary/aromatic N) is 3. The number of anilines is 1. The van der Waals surface area contributed by atoms with Crippen molar-refractivity contribution < 1.29 is 0 Å². The molecular weight excluding hydrogens is 260 g/mol. The SMILES string of the molecule is Cc1nc2c(c(N3CCC(NC4CC4)CC3)n1)CCCC2. The molecule has 2 heterocycles. The van der Waals surface area contributed by atoms with Gasteiger partial charge in [0.1, 0.15) is 11.6 Å². The van der Waals surface area contributed by atoms with Crippen LogP contribution in [0.3, 0.4) is 0 Å². The third kappa shape index (κ3) is 2.91. The molecule has 4 heteroatoms. The van der Waals surface area contributed by atoms with Crippen molar-refractivity contribution in [1.82, 2.24) is 15.3 Å². The van der Waals surface area contributed by atoms with Crippen LogP contribution >= 0.6 is 0 Å². The van der Waals surface area contributed by atoms with Gasteiger partial charge < -0.3 is 10.2 Å². The lowest BCUT2D eigenvalue weighted by molar-refractivity contribution is 0.410. The van der Waals surface area contributed by atoms with Gasteiger partial charge in [-0.3, -0.25) is 0 Å². The van der Waals surface area contributed by atoms with Crippen molar-refractivity contribution in [3.05, 3.63) is 17.1 Å². The maximum absolute atomic E-state index is 4.80. The Morgan fingerprint density at radius 1 is 0.952 bits per heavy atom. The van der Waals surface area contributed by atoms with E-state index < -0.39 is 0 Å². The van der Waals surface area contributed by atoms with Crippen molar-refractivity contribution >= 4 is 5.82 Å². The van der Waals surface area contributed by atoms with Gasteiger partial charge in [0.15, 0.2) is 0 Å². The molecule has 1 aromatic heterocycles. The topological polar surface area (TPSA) is 41.1 Å². The molecule has 0 aromatic carbocycles. The molecule has 0 amide bonds. The summed E-state index contributed by atoms with van der Waals surface area (Å²) in [4.78, 5) is 12.0. The van der Waals surface area contributed by atoms with Gasteiger partial charge in [0, 0.05) is 36.4 Å². The highest BCUT2D eigenvalue weighted by Crippen LogP contribution is 2.30. The Morgan fingerprint density at radius 2 is 1.67 bits per heavy atom. The Labute approximate surface area is 127 Å². The highest BCUT2D eigenvalue weighted by Gasteiger charge is 2.29. The van der Waals surface area contributed by atoms with Crippen LogP contribution in [0.25, 0.3) is 0 Å². The summed E-state index contributed by atoms with van der Waals surface area (Å²) in [5, 5.41) is 3.78. The largest absolute Gasteiger partial charge is 0.356 e. The number of fused-ring (bicyclic) bond motifs is 1. The van der Waals surface area contributed by atoms with Gasteiger partial charge in [-0.2, -0.15) is 0 Å². The van der Waals surface area contributed by atoms with Gasteiger partial charge >= 0.3 is 0 Å². The van der Waals surface area contributed by atoms with E-state index in [1.54, 1.807) is 0 Å². The molecule has 1 aliphatic heterocycles. The first-order valence-electron chi connectivity index (χ1n) is 8.67. The van der Waals surface area contributed by atoms with E-state index in [0.29, 0.717) is 0 Å². The molecule has 0 atom stereocenters. The van der Waals surface area contributed by atoms with Crippen molar-refractivity contribution in [3.8, 4) is 0 Å². The van der Waals surface area contributed by atoms with Crippen LogP contribution < -0.4 is 10.2 Å². The summed E-state index contributed by atoms with van der Waals surface area (Å²) in [5.74, 6) is 2.20. The van der Waals surface area contributed by atoms with E-state index in [-0.39, 0.29) is 0 Å². The predicted octanol–water partition coefficient (Wildman–Crippen LogP) is 2.38. The lowest BCUT2D eigenvalue weighted by Crippen LogP contribution is -2.44. The van der Waals surface area contributed by atoms with E-state index in [0.717, 1.165) is 37.4 Å². The summed E-state index contributed by atoms with van der Waals surface area (Å²) in [6, 6.07) is 1.56. The number of nitrogens with one attached hydrogen (secondary N) is 1. The minimum Gasteiger partial charge on any atom is -0.356 e. The van der Waals surface area contributed by atoms with Gasteiger partial charge in [0.2, 0.25) is 0 Å². The minimum absolute atomic E-state index is 0.729. The molecule has 4 rings (SSSR count). The number of hydrogen-bond donors (Lipinski definition) is 1. The van der Waals surface area contributed by atoms with Crippen molar-refractivity contribution in [2.45, 2.75) is 70.4 Å². The molecule has 1 saturated carbocycles. The van der Waals surface area contributed by atoms with Gasteiger partial charge in [-0.25, -0.2) is 9.97 Å². The summed E-state index contributed by atoms with van der Waals surface area (Å²) >= 11 is 0. The monoisotopic (exact) mass is 286 g/mol. The zero-order chi connectivity index (χ0) is 14.2. The zero-order valence-electron chi connectivity index (χ0n) is 13.1. The zero-order valence-corrected chi connectivity index (χ0v) is 13.1. The third-order valence-electron chi connectivity index (χ3n) is 5.12. The summed E-state index contributed by atoms with van der Waals surface area (Å²) in [6.07, 6.45) is 10.2.